The second kappa shape index (κ2) is 10.7. The lowest BCUT2D eigenvalue weighted by atomic mass is 10.2. The zero-order chi connectivity index (χ0) is 26.7. The summed E-state index contributed by atoms with van der Waals surface area (Å²) in [5.74, 6) is 0.245. The molecule has 0 atom stereocenters. The predicted molar refractivity (Wildman–Crippen MR) is 153 cm³/mol. The standard InChI is InChI=1S/C27H22N4O4S3/c1-30(20-7-4-3-5-8-20)38(33,34)23-13-10-19(11-14-23)26(32)31(28-18-22-9-6-16-36-22)27-29-24-15-12-21(35-2)17-25(24)37-27/h3-18H,1-2H3/b28-18+. The van der Waals surface area contributed by atoms with Gasteiger partial charge in [0.1, 0.15) is 5.75 Å². The second-order valence-corrected chi connectivity index (χ2v) is 12.0. The van der Waals surface area contributed by atoms with Gasteiger partial charge < -0.3 is 4.74 Å². The molecule has 5 aromatic rings. The molecular formula is C27H22N4O4S3. The van der Waals surface area contributed by atoms with E-state index in [1.54, 1.807) is 43.7 Å². The minimum absolute atomic E-state index is 0.0705. The fraction of sp³-hybridized carbons (Fsp3) is 0.0741. The number of anilines is 2. The third-order valence-electron chi connectivity index (χ3n) is 5.68. The first-order valence-electron chi connectivity index (χ1n) is 11.4. The SMILES string of the molecule is COc1ccc2nc(N(/N=C/c3cccs3)C(=O)c3ccc(S(=O)(=O)N(C)c4ccccc4)cc3)sc2c1. The Morgan fingerprint density at radius 2 is 1.76 bits per heavy atom. The molecule has 0 aliphatic rings. The molecular weight excluding hydrogens is 541 g/mol. The highest BCUT2D eigenvalue weighted by Crippen LogP contribution is 2.33. The lowest BCUT2D eigenvalue weighted by Gasteiger charge is -2.19. The normalized spacial score (nSPS) is 11.6. The van der Waals surface area contributed by atoms with Gasteiger partial charge in [-0.25, -0.2) is 13.4 Å². The van der Waals surface area contributed by atoms with Crippen LogP contribution in [0.3, 0.4) is 0 Å². The molecule has 8 nitrogen and oxygen atoms in total. The van der Waals surface area contributed by atoms with Crippen LogP contribution in [0.4, 0.5) is 10.8 Å². The third kappa shape index (κ3) is 5.17. The molecule has 0 fully saturated rings. The third-order valence-corrected chi connectivity index (χ3v) is 9.28. The molecule has 0 radical (unpaired) electrons. The fourth-order valence-electron chi connectivity index (χ4n) is 3.60. The van der Waals surface area contributed by atoms with Gasteiger partial charge in [-0.15, -0.1) is 11.3 Å². The topological polar surface area (TPSA) is 92.2 Å². The number of hydrazone groups is 1. The Bertz CT molecular complexity index is 1700. The summed E-state index contributed by atoms with van der Waals surface area (Å²) in [6.07, 6.45) is 1.60. The molecule has 5 rings (SSSR count). The van der Waals surface area contributed by atoms with Crippen LogP contribution in [0.5, 0.6) is 5.75 Å². The summed E-state index contributed by atoms with van der Waals surface area (Å²) in [7, 11) is -0.731. The molecule has 3 aromatic carbocycles. The molecule has 0 bridgehead atoms. The number of nitrogens with zero attached hydrogens (tertiary/aromatic N) is 4. The molecule has 0 N–H and O–H groups in total. The largest absolute Gasteiger partial charge is 0.497 e. The number of carbonyl (C=O) groups excluding carboxylic acids is 1. The van der Waals surface area contributed by atoms with Gasteiger partial charge in [-0.3, -0.25) is 9.10 Å². The number of ether oxygens (including phenoxy) is 1. The van der Waals surface area contributed by atoms with Crippen molar-refractivity contribution in [1.29, 1.82) is 0 Å². The van der Waals surface area contributed by atoms with Gasteiger partial charge in [0.25, 0.3) is 15.9 Å². The van der Waals surface area contributed by atoms with E-state index in [4.69, 9.17) is 4.74 Å². The number of carbonyl (C=O) groups is 1. The predicted octanol–water partition coefficient (Wildman–Crippen LogP) is 5.87. The van der Waals surface area contributed by atoms with E-state index in [0.29, 0.717) is 22.1 Å². The highest BCUT2D eigenvalue weighted by Gasteiger charge is 2.24. The Morgan fingerprint density at radius 1 is 1.00 bits per heavy atom. The molecule has 0 spiro atoms. The lowest BCUT2D eigenvalue weighted by Crippen LogP contribution is -2.27. The first-order valence-corrected chi connectivity index (χ1v) is 14.5. The van der Waals surface area contributed by atoms with E-state index < -0.39 is 15.9 Å². The number of hydrogen-bond donors (Lipinski definition) is 0. The number of sulfonamides is 1. The van der Waals surface area contributed by atoms with E-state index in [-0.39, 0.29) is 10.5 Å². The van der Waals surface area contributed by atoms with Crippen LogP contribution in [-0.4, -0.2) is 39.7 Å². The summed E-state index contributed by atoms with van der Waals surface area (Å²) in [4.78, 5) is 19.2. The van der Waals surface area contributed by atoms with Gasteiger partial charge in [0.05, 0.1) is 34.1 Å². The molecule has 0 aliphatic heterocycles. The summed E-state index contributed by atoms with van der Waals surface area (Å²) in [5, 5.41) is 7.98. The van der Waals surface area contributed by atoms with Gasteiger partial charge in [-0.1, -0.05) is 35.6 Å². The maximum atomic E-state index is 13.6. The van der Waals surface area contributed by atoms with Crippen molar-refractivity contribution in [3.8, 4) is 5.75 Å². The van der Waals surface area contributed by atoms with Crippen LogP contribution in [-0.2, 0) is 10.0 Å². The molecule has 1 amide bonds. The Balaban J connectivity index is 1.47. The highest BCUT2D eigenvalue weighted by atomic mass is 32.2. The van der Waals surface area contributed by atoms with Gasteiger partial charge in [-0.05, 0) is 66.0 Å². The maximum Gasteiger partial charge on any atom is 0.280 e. The minimum Gasteiger partial charge on any atom is -0.497 e. The number of methoxy groups -OCH3 is 1. The van der Waals surface area contributed by atoms with Crippen LogP contribution in [0.15, 0.2) is 100 Å². The Kier molecular flexibility index (Phi) is 7.23. The number of amides is 1. The summed E-state index contributed by atoms with van der Waals surface area (Å²) in [6.45, 7) is 0. The number of para-hydroxylation sites is 1. The average molecular weight is 563 g/mol. The second-order valence-electron chi connectivity index (χ2n) is 8.04. The number of thiazole rings is 1. The van der Waals surface area contributed by atoms with E-state index in [2.05, 4.69) is 10.1 Å². The van der Waals surface area contributed by atoms with Crippen molar-refractivity contribution >= 4 is 65.9 Å². The van der Waals surface area contributed by atoms with Crippen molar-refractivity contribution < 1.29 is 17.9 Å². The smallest absolute Gasteiger partial charge is 0.280 e. The molecule has 38 heavy (non-hydrogen) atoms. The number of fused-ring (bicyclic) bond motifs is 1. The van der Waals surface area contributed by atoms with Crippen LogP contribution in [0.25, 0.3) is 10.2 Å². The van der Waals surface area contributed by atoms with E-state index in [9.17, 15) is 13.2 Å². The van der Waals surface area contributed by atoms with Crippen molar-refractivity contribution in [2.45, 2.75) is 4.90 Å². The van der Waals surface area contributed by atoms with Crippen molar-refractivity contribution in [1.82, 2.24) is 4.98 Å². The molecule has 2 aromatic heterocycles. The number of aromatic nitrogens is 1. The summed E-state index contributed by atoms with van der Waals surface area (Å²) in [5.41, 5.74) is 1.51. The number of thiophene rings is 1. The average Bonchev–Trinajstić information content (AvgIpc) is 3.62. The molecule has 0 saturated heterocycles. The van der Waals surface area contributed by atoms with Gasteiger partial charge in [-0.2, -0.15) is 10.1 Å². The Labute approximate surface area is 228 Å². The minimum atomic E-state index is -3.81. The molecule has 192 valence electrons. The summed E-state index contributed by atoms with van der Waals surface area (Å²) >= 11 is 2.80. The van der Waals surface area contributed by atoms with E-state index in [0.717, 1.165) is 9.58 Å². The van der Waals surface area contributed by atoms with Gasteiger partial charge in [0.15, 0.2) is 0 Å². The zero-order valence-corrected chi connectivity index (χ0v) is 22.8. The summed E-state index contributed by atoms with van der Waals surface area (Å²) < 4.78 is 33.6. The van der Waals surface area contributed by atoms with Gasteiger partial charge in [0.2, 0.25) is 5.13 Å². The fourth-order valence-corrected chi connectivity index (χ4v) is 6.33. The zero-order valence-electron chi connectivity index (χ0n) is 20.4. The maximum absolute atomic E-state index is 13.6. The van der Waals surface area contributed by atoms with Crippen LogP contribution >= 0.6 is 22.7 Å². The van der Waals surface area contributed by atoms with Gasteiger partial charge >= 0.3 is 0 Å². The Morgan fingerprint density at radius 3 is 2.45 bits per heavy atom. The molecule has 0 unspecified atom stereocenters. The molecule has 11 heteroatoms. The van der Waals surface area contributed by atoms with Crippen LogP contribution < -0.4 is 14.1 Å². The molecule has 0 saturated carbocycles. The number of benzene rings is 3. The molecule has 2 heterocycles. The van der Waals surface area contributed by atoms with Gasteiger partial charge in [0, 0.05) is 17.5 Å². The first kappa shape index (κ1) is 25.6. The van der Waals surface area contributed by atoms with Crippen molar-refractivity contribution in [2.24, 2.45) is 5.10 Å². The van der Waals surface area contributed by atoms with E-state index >= 15 is 0 Å². The number of rotatable bonds is 8. The highest BCUT2D eigenvalue weighted by molar-refractivity contribution is 7.92. The van der Waals surface area contributed by atoms with Crippen molar-refractivity contribution in [3.63, 3.8) is 0 Å². The van der Waals surface area contributed by atoms with E-state index in [1.807, 2.05) is 35.7 Å². The first-order chi connectivity index (χ1) is 18.4. The number of hydrogen-bond acceptors (Lipinski definition) is 8. The lowest BCUT2D eigenvalue weighted by molar-refractivity contribution is 0.0987. The monoisotopic (exact) mass is 562 g/mol. The van der Waals surface area contributed by atoms with Crippen LogP contribution in [0, 0.1) is 0 Å². The Hall–Kier alpha value is -4.06. The van der Waals surface area contributed by atoms with Crippen LogP contribution in [0.1, 0.15) is 15.2 Å². The van der Waals surface area contributed by atoms with Crippen LogP contribution in [0.2, 0.25) is 0 Å². The molecule has 0 aliphatic carbocycles. The van der Waals surface area contributed by atoms with Crippen molar-refractivity contribution in [2.75, 3.05) is 23.5 Å². The summed E-state index contributed by atoms with van der Waals surface area (Å²) in [6, 6.07) is 23.9. The van der Waals surface area contributed by atoms with E-state index in [1.165, 1.54) is 63.3 Å². The van der Waals surface area contributed by atoms with Crippen molar-refractivity contribution in [3.05, 3.63) is 101 Å². The quantitative estimate of drug-likeness (QED) is 0.174.